The van der Waals surface area contributed by atoms with Crippen molar-refractivity contribution in [2.24, 2.45) is 4.99 Å². The number of carbonyl (C=O) groups is 1. The first-order valence-electron chi connectivity index (χ1n) is 10.0. The number of hydrogen-bond acceptors (Lipinski definition) is 4. The van der Waals surface area contributed by atoms with Gasteiger partial charge in [-0.25, -0.2) is 0 Å². The van der Waals surface area contributed by atoms with E-state index in [0.29, 0.717) is 34.4 Å². The first kappa shape index (κ1) is 20.1. The molecule has 1 saturated carbocycles. The largest absolute Gasteiger partial charge is 0.507 e. The van der Waals surface area contributed by atoms with Crippen molar-refractivity contribution < 1.29 is 15.0 Å². The van der Waals surface area contributed by atoms with E-state index in [1.165, 1.54) is 0 Å². The third-order valence-electron chi connectivity index (χ3n) is 6.77. The van der Waals surface area contributed by atoms with Crippen LogP contribution in [0.15, 0.2) is 35.3 Å². The first-order chi connectivity index (χ1) is 14.2. The number of benzene rings is 2. The smallest absolute Gasteiger partial charge is 0.164 e. The Morgan fingerprint density at radius 1 is 1.20 bits per heavy atom. The Morgan fingerprint density at radius 3 is 2.57 bits per heavy atom. The SMILES string of the molecule is C#Cc1c(O)ccc(C)c1[C@@]12CC(=O)c3cc(/C=C\C)c(C)cc3[C@@]1(O)C(=NC)C2. The number of allylic oxidation sites excluding steroid dienone is 1. The molecule has 30 heavy (non-hydrogen) atoms. The van der Waals surface area contributed by atoms with Gasteiger partial charge in [-0.1, -0.05) is 30.2 Å². The molecule has 0 radical (unpaired) electrons. The number of fused-ring (bicyclic) bond motifs is 3. The molecular weight excluding hydrogens is 374 g/mol. The van der Waals surface area contributed by atoms with Crippen molar-refractivity contribution in [1.29, 1.82) is 0 Å². The van der Waals surface area contributed by atoms with Gasteiger partial charge in [0, 0.05) is 36.4 Å². The number of aryl methyl sites for hydroxylation is 2. The Bertz CT molecular complexity index is 1200. The van der Waals surface area contributed by atoms with Crippen LogP contribution in [0.1, 0.15) is 63.5 Å². The third kappa shape index (κ3) is 2.33. The fraction of sp³-hybridized carbons (Fsp3) is 0.308. The molecule has 2 aliphatic rings. The molecule has 2 aromatic rings. The van der Waals surface area contributed by atoms with Gasteiger partial charge in [0.25, 0.3) is 0 Å². The van der Waals surface area contributed by atoms with Crippen LogP contribution in [0.5, 0.6) is 5.75 Å². The molecule has 1 fully saturated rings. The number of carbonyl (C=O) groups excluding carboxylic acids is 1. The lowest BCUT2D eigenvalue weighted by atomic mass is 9.44. The maximum atomic E-state index is 13.4. The van der Waals surface area contributed by atoms with Crippen LogP contribution in [0, 0.1) is 26.2 Å². The molecule has 2 aliphatic carbocycles. The van der Waals surface area contributed by atoms with E-state index in [0.717, 1.165) is 16.7 Å². The van der Waals surface area contributed by atoms with Crippen LogP contribution in [0.3, 0.4) is 0 Å². The van der Waals surface area contributed by atoms with Crippen molar-refractivity contribution in [1.82, 2.24) is 0 Å². The topological polar surface area (TPSA) is 69.9 Å². The van der Waals surface area contributed by atoms with E-state index in [1.54, 1.807) is 19.2 Å². The van der Waals surface area contributed by atoms with E-state index >= 15 is 0 Å². The van der Waals surface area contributed by atoms with Gasteiger partial charge in [0.15, 0.2) is 5.78 Å². The van der Waals surface area contributed by atoms with Crippen LogP contribution in [0.4, 0.5) is 0 Å². The van der Waals surface area contributed by atoms with Gasteiger partial charge in [-0.3, -0.25) is 9.79 Å². The zero-order valence-corrected chi connectivity index (χ0v) is 17.7. The lowest BCUT2D eigenvalue weighted by Gasteiger charge is -2.60. The summed E-state index contributed by atoms with van der Waals surface area (Å²) in [4.78, 5) is 17.7. The van der Waals surface area contributed by atoms with Crippen molar-refractivity contribution >= 4 is 17.6 Å². The summed E-state index contributed by atoms with van der Waals surface area (Å²) >= 11 is 0. The molecule has 0 saturated heterocycles. The number of rotatable bonds is 2. The molecule has 152 valence electrons. The Kier molecular flexibility index (Phi) is 4.48. The fourth-order valence-corrected chi connectivity index (χ4v) is 5.36. The van der Waals surface area contributed by atoms with Gasteiger partial charge in [0.2, 0.25) is 0 Å². The highest BCUT2D eigenvalue weighted by molar-refractivity contribution is 6.12. The summed E-state index contributed by atoms with van der Waals surface area (Å²) in [5.74, 6) is 2.53. The quantitative estimate of drug-likeness (QED) is 0.743. The molecule has 4 nitrogen and oxygen atoms in total. The number of aromatic hydroxyl groups is 1. The minimum Gasteiger partial charge on any atom is -0.507 e. The Morgan fingerprint density at radius 2 is 1.93 bits per heavy atom. The molecule has 0 spiro atoms. The maximum absolute atomic E-state index is 13.4. The van der Waals surface area contributed by atoms with Gasteiger partial charge in [0.1, 0.15) is 11.4 Å². The van der Waals surface area contributed by atoms with E-state index in [4.69, 9.17) is 6.42 Å². The monoisotopic (exact) mass is 399 g/mol. The van der Waals surface area contributed by atoms with E-state index in [9.17, 15) is 15.0 Å². The molecule has 0 heterocycles. The second-order valence-corrected chi connectivity index (χ2v) is 8.29. The predicted octanol–water partition coefficient (Wildman–Crippen LogP) is 4.21. The van der Waals surface area contributed by atoms with Crippen molar-refractivity contribution in [3.63, 3.8) is 0 Å². The fourth-order valence-electron chi connectivity index (χ4n) is 5.36. The summed E-state index contributed by atoms with van der Waals surface area (Å²) in [5.41, 5.74) is 3.07. The maximum Gasteiger partial charge on any atom is 0.164 e. The van der Waals surface area contributed by atoms with Crippen LogP contribution in [-0.4, -0.2) is 28.8 Å². The molecule has 0 amide bonds. The van der Waals surface area contributed by atoms with Gasteiger partial charge in [-0.2, -0.15) is 0 Å². The minimum absolute atomic E-state index is 0.0189. The van der Waals surface area contributed by atoms with Crippen LogP contribution in [0.25, 0.3) is 6.08 Å². The molecule has 4 heteroatoms. The molecule has 2 aromatic carbocycles. The second kappa shape index (κ2) is 6.68. The van der Waals surface area contributed by atoms with Crippen molar-refractivity contribution in [3.8, 4) is 18.1 Å². The predicted molar refractivity (Wildman–Crippen MR) is 119 cm³/mol. The molecule has 0 aliphatic heterocycles. The highest BCUT2D eigenvalue weighted by atomic mass is 16.3. The highest BCUT2D eigenvalue weighted by Gasteiger charge is 2.69. The normalized spacial score (nSPS) is 26.3. The number of phenols is 1. The van der Waals surface area contributed by atoms with Gasteiger partial charge in [-0.15, -0.1) is 6.42 Å². The molecular formula is C26H25NO3. The zero-order chi connectivity index (χ0) is 21.8. The van der Waals surface area contributed by atoms with Crippen molar-refractivity contribution in [2.45, 2.75) is 44.6 Å². The van der Waals surface area contributed by atoms with Crippen LogP contribution >= 0.6 is 0 Å². The van der Waals surface area contributed by atoms with Gasteiger partial charge in [-0.05, 0) is 55.2 Å². The second-order valence-electron chi connectivity index (χ2n) is 8.29. The Labute approximate surface area is 177 Å². The van der Waals surface area contributed by atoms with E-state index in [-0.39, 0.29) is 18.0 Å². The van der Waals surface area contributed by atoms with E-state index in [1.807, 2.05) is 45.1 Å². The number of nitrogens with zero attached hydrogens (tertiary/aromatic N) is 1. The molecule has 0 bridgehead atoms. The van der Waals surface area contributed by atoms with E-state index < -0.39 is 11.0 Å². The summed E-state index contributed by atoms with van der Waals surface area (Å²) in [6.45, 7) is 5.79. The number of phenolic OH excluding ortho intramolecular Hbond substituents is 1. The number of terminal acetylenes is 1. The molecule has 0 aromatic heterocycles. The molecule has 0 unspecified atom stereocenters. The average Bonchev–Trinajstić information content (AvgIpc) is 2.72. The molecule has 2 N–H and O–H groups in total. The summed E-state index contributed by atoms with van der Waals surface area (Å²) in [7, 11) is 1.66. The van der Waals surface area contributed by atoms with Gasteiger partial charge < -0.3 is 10.2 Å². The van der Waals surface area contributed by atoms with Crippen molar-refractivity contribution in [2.75, 3.05) is 7.05 Å². The van der Waals surface area contributed by atoms with E-state index in [2.05, 4.69) is 10.9 Å². The standard InChI is InChI=1S/C26H25NO3/c1-6-8-17-12-19-20(11-16(17)4)26(30)23(27-5)14-25(26,13-22(19)29)24-15(3)9-10-21(28)18(24)7-2/h2,6,8-12,28,30H,13-14H2,1,3-5H3/b8-6-,27-23?/t25-,26+/m0/s1. The van der Waals surface area contributed by atoms with Crippen LogP contribution in [0.2, 0.25) is 0 Å². The van der Waals surface area contributed by atoms with Gasteiger partial charge >= 0.3 is 0 Å². The molecule has 4 rings (SSSR count). The number of aliphatic hydroxyl groups is 1. The number of hydrogen-bond donors (Lipinski definition) is 2. The summed E-state index contributed by atoms with van der Waals surface area (Å²) in [6, 6.07) is 7.10. The number of ketones is 1. The number of aliphatic imine (C=N–C) groups is 1. The lowest BCUT2D eigenvalue weighted by Crippen LogP contribution is -2.68. The number of Topliss-reactive ketones (excluding diaryl/α,β-unsaturated/α-hetero) is 1. The minimum atomic E-state index is -1.45. The summed E-state index contributed by atoms with van der Waals surface area (Å²) in [5, 5.41) is 22.6. The summed E-state index contributed by atoms with van der Waals surface area (Å²) < 4.78 is 0. The highest BCUT2D eigenvalue weighted by Crippen LogP contribution is 2.63. The zero-order valence-electron chi connectivity index (χ0n) is 17.7. The van der Waals surface area contributed by atoms with Crippen LogP contribution in [-0.2, 0) is 11.0 Å². The molecule has 2 atom stereocenters. The Hall–Kier alpha value is -3.16. The van der Waals surface area contributed by atoms with Gasteiger partial charge in [0.05, 0.1) is 11.3 Å². The van der Waals surface area contributed by atoms with Crippen LogP contribution < -0.4 is 0 Å². The summed E-state index contributed by atoms with van der Waals surface area (Å²) in [6.07, 6.45) is 10.2. The third-order valence-corrected chi connectivity index (χ3v) is 6.77. The first-order valence-corrected chi connectivity index (χ1v) is 10.0. The lowest BCUT2D eigenvalue weighted by molar-refractivity contribution is -0.0264. The Balaban J connectivity index is 2.08. The average molecular weight is 399 g/mol. The van der Waals surface area contributed by atoms with Crippen molar-refractivity contribution in [3.05, 3.63) is 69.3 Å².